The molecular formula is C14H16N2O4. The Kier molecular flexibility index (Phi) is 4.49. The Balaban J connectivity index is 1.94. The van der Waals surface area contributed by atoms with Crippen molar-refractivity contribution in [2.24, 2.45) is 5.73 Å². The fraction of sp³-hybridized carbons (Fsp3) is 0.286. The number of oxazole rings is 1. The van der Waals surface area contributed by atoms with Crippen molar-refractivity contribution in [3.05, 3.63) is 53.7 Å². The van der Waals surface area contributed by atoms with Crippen molar-refractivity contribution in [3.63, 3.8) is 0 Å². The van der Waals surface area contributed by atoms with E-state index in [4.69, 9.17) is 15.3 Å². The predicted octanol–water partition coefficient (Wildman–Crippen LogP) is 1.37. The average molecular weight is 276 g/mol. The van der Waals surface area contributed by atoms with E-state index in [2.05, 4.69) is 4.98 Å². The molecule has 1 aromatic carbocycles. The summed E-state index contributed by atoms with van der Waals surface area (Å²) in [6.07, 6.45) is 1.12. The number of hydrogen-bond acceptors (Lipinski definition) is 5. The molecule has 0 fully saturated rings. The van der Waals surface area contributed by atoms with Crippen LogP contribution in [0.3, 0.4) is 0 Å². The van der Waals surface area contributed by atoms with Gasteiger partial charge in [0.25, 0.3) is 0 Å². The van der Waals surface area contributed by atoms with E-state index < -0.39 is 18.1 Å². The van der Waals surface area contributed by atoms with Crippen LogP contribution in [-0.4, -0.2) is 27.2 Å². The van der Waals surface area contributed by atoms with Crippen molar-refractivity contribution in [2.45, 2.75) is 25.0 Å². The van der Waals surface area contributed by atoms with E-state index in [9.17, 15) is 9.90 Å². The Hall–Kier alpha value is -2.18. The minimum absolute atomic E-state index is 0.0667. The number of nitrogens with two attached hydrogens (primary N) is 1. The molecule has 106 valence electrons. The first kappa shape index (κ1) is 14.2. The summed E-state index contributed by atoms with van der Waals surface area (Å²) < 4.78 is 4.94. The van der Waals surface area contributed by atoms with Crippen LogP contribution in [0.1, 0.15) is 34.5 Å². The summed E-state index contributed by atoms with van der Waals surface area (Å²) in [5.41, 5.74) is 6.76. The highest BCUT2D eigenvalue weighted by Crippen LogP contribution is 2.18. The zero-order valence-corrected chi connectivity index (χ0v) is 10.8. The molecule has 0 saturated heterocycles. The smallest absolute Gasteiger partial charge is 0.357 e. The van der Waals surface area contributed by atoms with Gasteiger partial charge in [-0.1, -0.05) is 30.3 Å². The van der Waals surface area contributed by atoms with Crippen LogP contribution in [0.25, 0.3) is 0 Å². The highest BCUT2D eigenvalue weighted by molar-refractivity contribution is 5.84. The highest BCUT2D eigenvalue weighted by Gasteiger charge is 2.23. The van der Waals surface area contributed by atoms with E-state index in [0.29, 0.717) is 12.8 Å². The molecule has 1 unspecified atom stereocenters. The summed E-state index contributed by atoms with van der Waals surface area (Å²) in [4.78, 5) is 14.4. The molecule has 2 atom stereocenters. The van der Waals surface area contributed by atoms with Crippen LogP contribution in [-0.2, 0) is 6.42 Å². The molecule has 2 aromatic rings. The van der Waals surface area contributed by atoms with Gasteiger partial charge < -0.3 is 20.4 Å². The molecule has 1 aromatic heterocycles. The van der Waals surface area contributed by atoms with Crippen LogP contribution < -0.4 is 5.73 Å². The number of aliphatic hydroxyl groups is 1. The van der Waals surface area contributed by atoms with Crippen molar-refractivity contribution in [2.75, 3.05) is 0 Å². The molecule has 0 amide bonds. The first-order valence-corrected chi connectivity index (χ1v) is 6.24. The minimum atomic E-state index is -1.20. The van der Waals surface area contributed by atoms with E-state index >= 15 is 0 Å². The quantitative estimate of drug-likeness (QED) is 0.735. The van der Waals surface area contributed by atoms with Crippen LogP contribution in [0.4, 0.5) is 0 Å². The number of benzene rings is 1. The van der Waals surface area contributed by atoms with Crippen molar-refractivity contribution in [1.82, 2.24) is 4.98 Å². The fourth-order valence-electron chi connectivity index (χ4n) is 1.84. The molecule has 0 saturated carbocycles. The number of rotatable bonds is 6. The third-order valence-corrected chi connectivity index (χ3v) is 3.01. The van der Waals surface area contributed by atoms with Gasteiger partial charge in [0.05, 0.1) is 0 Å². The summed E-state index contributed by atoms with van der Waals surface area (Å²) in [5, 5.41) is 18.7. The van der Waals surface area contributed by atoms with Gasteiger partial charge in [0.15, 0.2) is 5.69 Å². The number of aliphatic hydroxyl groups excluding tert-OH is 1. The molecule has 2 rings (SSSR count). The van der Waals surface area contributed by atoms with Crippen molar-refractivity contribution >= 4 is 5.97 Å². The van der Waals surface area contributed by atoms with Crippen molar-refractivity contribution in [3.8, 4) is 0 Å². The Labute approximate surface area is 115 Å². The zero-order chi connectivity index (χ0) is 14.5. The highest BCUT2D eigenvalue weighted by atomic mass is 16.4. The molecule has 20 heavy (non-hydrogen) atoms. The van der Waals surface area contributed by atoms with Crippen LogP contribution in [0.2, 0.25) is 0 Å². The van der Waals surface area contributed by atoms with Crippen LogP contribution in [0.5, 0.6) is 0 Å². The molecule has 1 heterocycles. The number of aromatic nitrogens is 1. The van der Waals surface area contributed by atoms with Gasteiger partial charge in [-0.2, -0.15) is 0 Å². The third kappa shape index (κ3) is 3.43. The number of carbonyl (C=O) groups is 1. The summed E-state index contributed by atoms with van der Waals surface area (Å²) in [6, 6.07) is 9.18. The lowest BCUT2D eigenvalue weighted by molar-refractivity contribution is 0.0690. The second-order valence-corrected chi connectivity index (χ2v) is 4.51. The van der Waals surface area contributed by atoms with Crippen LogP contribution >= 0.6 is 0 Å². The molecule has 0 aliphatic rings. The second-order valence-electron chi connectivity index (χ2n) is 4.51. The Morgan fingerprint density at radius 2 is 2.05 bits per heavy atom. The van der Waals surface area contributed by atoms with Gasteiger partial charge in [-0.25, -0.2) is 9.78 Å². The number of hydrogen-bond donors (Lipinski definition) is 3. The van der Waals surface area contributed by atoms with Gasteiger partial charge in [0, 0.05) is 6.04 Å². The second kappa shape index (κ2) is 6.31. The van der Waals surface area contributed by atoms with Gasteiger partial charge in [-0.3, -0.25) is 0 Å². The molecule has 0 aliphatic carbocycles. The maximum Gasteiger partial charge on any atom is 0.357 e. The Morgan fingerprint density at radius 3 is 2.65 bits per heavy atom. The maximum absolute atomic E-state index is 10.7. The summed E-state index contributed by atoms with van der Waals surface area (Å²) in [6.45, 7) is 0. The van der Waals surface area contributed by atoms with E-state index in [1.54, 1.807) is 0 Å². The molecule has 0 spiro atoms. The molecule has 4 N–H and O–H groups in total. The standard InChI is InChI=1S/C14H16N2O4/c15-10(7-6-9-4-2-1-3-5-9)12(17)13-16-11(8-20-13)14(18)19/h1-5,8,10,12,17H,6-7,15H2,(H,18,19)/t10-,12?/m0/s1. The first-order valence-electron chi connectivity index (χ1n) is 6.24. The fourth-order valence-corrected chi connectivity index (χ4v) is 1.84. The molecule has 6 nitrogen and oxygen atoms in total. The lowest BCUT2D eigenvalue weighted by Crippen LogP contribution is -2.29. The molecular weight excluding hydrogens is 260 g/mol. The van der Waals surface area contributed by atoms with Gasteiger partial charge in [-0.15, -0.1) is 0 Å². The topological polar surface area (TPSA) is 110 Å². The normalized spacial score (nSPS) is 13.9. The van der Waals surface area contributed by atoms with Gasteiger partial charge in [0.1, 0.15) is 12.4 Å². The lowest BCUT2D eigenvalue weighted by Gasteiger charge is -2.15. The number of carboxylic acids is 1. The van der Waals surface area contributed by atoms with E-state index in [-0.39, 0.29) is 11.6 Å². The molecule has 0 radical (unpaired) electrons. The number of nitrogens with zero attached hydrogens (tertiary/aromatic N) is 1. The molecule has 0 aliphatic heterocycles. The van der Waals surface area contributed by atoms with E-state index in [1.165, 1.54) is 0 Å². The minimum Gasteiger partial charge on any atom is -0.476 e. The van der Waals surface area contributed by atoms with Crippen LogP contribution in [0, 0.1) is 0 Å². The van der Waals surface area contributed by atoms with Gasteiger partial charge >= 0.3 is 5.97 Å². The number of carboxylic acid groups (broad SMARTS) is 1. The third-order valence-electron chi connectivity index (χ3n) is 3.01. The largest absolute Gasteiger partial charge is 0.476 e. The summed E-state index contributed by atoms with van der Waals surface area (Å²) in [5.74, 6) is -1.27. The first-order chi connectivity index (χ1) is 9.58. The SMILES string of the molecule is N[C@@H](CCc1ccccc1)C(O)c1nc(C(=O)O)co1. The van der Waals surface area contributed by atoms with Gasteiger partial charge in [-0.05, 0) is 18.4 Å². The Morgan fingerprint density at radius 1 is 1.35 bits per heavy atom. The van der Waals surface area contributed by atoms with Crippen LogP contribution in [0.15, 0.2) is 41.0 Å². The monoisotopic (exact) mass is 276 g/mol. The molecule has 0 bridgehead atoms. The zero-order valence-electron chi connectivity index (χ0n) is 10.8. The van der Waals surface area contributed by atoms with Crippen molar-refractivity contribution in [1.29, 1.82) is 0 Å². The summed E-state index contributed by atoms with van der Waals surface area (Å²) >= 11 is 0. The van der Waals surface area contributed by atoms with Gasteiger partial charge in [0.2, 0.25) is 5.89 Å². The molecule has 6 heteroatoms. The predicted molar refractivity (Wildman–Crippen MR) is 71.2 cm³/mol. The van der Waals surface area contributed by atoms with Crippen molar-refractivity contribution < 1.29 is 19.4 Å². The Bertz CT molecular complexity index is 568. The summed E-state index contributed by atoms with van der Waals surface area (Å²) in [7, 11) is 0. The number of aromatic carboxylic acids is 1. The average Bonchev–Trinajstić information content (AvgIpc) is 2.95. The lowest BCUT2D eigenvalue weighted by atomic mass is 10.0. The maximum atomic E-state index is 10.7. The van der Waals surface area contributed by atoms with E-state index in [1.807, 2.05) is 30.3 Å². The van der Waals surface area contributed by atoms with E-state index in [0.717, 1.165) is 11.8 Å². The number of aryl methyl sites for hydroxylation is 1.